The lowest BCUT2D eigenvalue weighted by atomic mass is 10.2. The molecule has 0 bridgehead atoms. The first-order valence-electron chi connectivity index (χ1n) is 8.98. The Balaban J connectivity index is 1.85. The Labute approximate surface area is 161 Å². The molecule has 0 amide bonds. The summed E-state index contributed by atoms with van der Waals surface area (Å²) in [5.41, 5.74) is 8.06. The van der Waals surface area contributed by atoms with Gasteiger partial charge in [-0.15, -0.1) is 0 Å². The first kappa shape index (κ1) is 20.4. The summed E-state index contributed by atoms with van der Waals surface area (Å²) >= 11 is 0. The molecule has 0 atom stereocenters. The van der Waals surface area contributed by atoms with Gasteiger partial charge in [0.2, 0.25) is 0 Å². The maximum Gasteiger partial charge on any atom is 0.189 e. The van der Waals surface area contributed by atoms with Gasteiger partial charge in [0.25, 0.3) is 0 Å². The van der Waals surface area contributed by atoms with E-state index in [4.69, 9.17) is 19.9 Å². The van der Waals surface area contributed by atoms with Crippen molar-refractivity contribution in [1.82, 2.24) is 5.32 Å². The van der Waals surface area contributed by atoms with Crippen molar-refractivity contribution in [3.63, 3.8) is 0 Å². The molecule has 2 aromatic rings. The molecular formula is C21H29N3O3. The van der Waals surface area contributed by atoms with Crippen molar-refractivity contribution in [3.05, 3.63) is 53.6 Å². The van der Waals surface area contributed by atoms with E-state index in [2.05, 4.69) is 24.2 Å². The summed E-state index contributed by atoms with van der Waals surface area (Å²) in [6, 6.07) is 13.7. The Bertz CT molecular complexity index is 743. The van der Waals surface area contributed by atoms with Crippen LogP contribution in [0.3, 0.4) is 0 Å². The van der Waals surface area contributed by atoms with Crippen LogP contribution >= 0.6 is 0 Å². The zero-order chi connectivity index (χ0) is 19.6. The molecule has 0 saturated heterocycles. The minimum absolute atomic E-state index is 0.393. The van der Waals surface area contributed by atoms with Crippen LogP contribution in [0, 0.1) is 5.92 Å². The second kappa shape index (κ2) is 10.3. The highest BCUT2D eigenvalue weighted by atomic mass is 16.5. The summed E-state index contributed by atoms with van der Waals surface area (Å²) in [4.78, 5) is 4.37. The highest BCUT2D eigenvalue weighted by molar-refractivity contribution is 5.77. The molecule has 0 spiro atoms. The third kappa shape index (κ3) is 6.73. The van der Waals surface area contributed by atoms with Gasteiger partial charge < -0.3 is 25.3 Å². The second-order valence-electron chi connectivity index (χ2n) is 6.59. The summed E-state index contributed by atoms with van der Waals surface area (Å²) < 4.78 is 16.2. The maximum atomic E-state index is 5.97. The van der Waals surface area contributed by atoms with Crippen LogP contribution < -0.4 is 25.3 Å². The molecule has 0 radical (unpaired) electrons. The molecule has 0 aromatic heterocycles. The smallest absolute Gasteiger partial charge is 0.189 e. The summed E-state index contributed by atoms with van der Waals surface area (Å²) in [5, 5.41) is 3.12. The molecule has 0 fully saturated rings. The molecular weight excluding hydrogens is 342 g/mol. The van der Waals surface area contributed by atoms with Crippen LogP contribution in [0.25, 0.3) is 0 Å². The Morgan fingerprint density at radius 2 is 1.67 bits per heavy atom. The topological polar surface area (TPSA) is 78.1 Å². The maximum absolute atomic E-state index is 5.97. The van der Waals surface area contributed by atoms with Gasteiger partial charge in [0.05, 0.1) is 27.4 Å². The fourth-order valence-electron chi connectivity index (χ4n) is 2.37. The number of hydrogen-bond donors (Lipinski definition) is 2. The van der Waals surface area contributed by atoms with E-state index >= 15 is 0 Å². The zero-order valence-electron chi connectivity index (χ0n) is 16.5. The molecule has 0 saturated carbocycles. The van der Waals surface area contributed by atoms with E-state index in [0.29, 0.717) is 43.1 Å². The Kier molecular flexibility index (Phi) is 7.79. The van der Waals surface area contributed by atoms with E-state index < -0.39 is 0 Å². The molecule has 6 nitrogen and oxygen atoms in total. The minimum Gasteiger partial charge on any atom is -0.493 e. The first-order chi connectivity index (χ1) is 13.0. The van der Waals surface area contributed by atoms with Crippen molar-refractivity contribution in [1.29, 1.82) is 0 Å². The summed E-state index contributed by atoms with van der Waals surface area (Å²) in [7, 11) is 3.22. The Morgan fingerprint density at radius 3 is 2.30 bits per heavy atom. The predicted molar refractivity (Wildman–Crippen MR) is 108 cm³/mol. The van der Waals surface area contributed by atoms with Crippen LogP contribution in [-0.2, 0) is 13.1 Å². The number of nitrogens with zero attached hydrogens (tertiary/aromatic N) is 1. The average Bonchev–Trinajstić information content (AvgIpc) is 2.69. The molecule has 2 rings (SSSR count). The van der Waals surface area contributed by atoms with Crippen molar-refractivity contribution in [2.45, 2.75) is 26.9 Å². The number of ether oxygens (including phenoxy) is 3. The number of nitrogens with two attached hydrogens (primary N) is 1. The van der Waals surface area contributed by atoms with Gasteiger partial charge in [-0.2, -0.15) is 0 Å². The molecule has 3 N–H and O–H groups in total. The minimum atomic E-state index is 0.393. The molecule has 0 aliphatic heterocycles. The van der Waals surface area contributed by atoms with E-state index in [1.807, 2.05) is 42.5 Å². The molecule has 0 aliphatic carbocycles. The van der Waals surface area contributed by atoms with Gasteiger partial charge in [-0.25, -0.2) is 4.99 Å². The first-order valence-corrected chi connectivity index (χ1v) is 8.98. The zero-order valence-corrected chi connectivity index (χ0v) is 16.5. The van der Waals surface area contributed by atoms with Crippen molar-refractivity contribution in [2.75, 3.05) is 20.8 Å². The standard InChI is InChI=1S/C21H29N3O3/c1-15(2)14-27-18-8-5-16(6-9-18)12-23-21(22)24-13-17-7-10-19(25-3)20(11-17)26-4/h5-11,15H,12-14H2,1-4H3,(H3,22,23,24). The number of hydrogen-bond acceptors (Lipinski definition) is 4. The quantitative estimate of drug-likeness (QED) is 0.522. The molecule has 0 unspecified atom stereocenters. The predicted octanol–water partition coefficient (Wildman–Crippen LogP) is 3.34. The van der Waals surface area contributed by atoms with Crippen molar-refractivity contribution in [2.24, 2.45) is 16.6 Å². The molecule has 146 valence electrons. The summed E-state index contributed by atoms with van der Waals surface area (Å²) in [5.74, 6) is 3.15. The number of guanidine groups is 1. The molecule has 0 heterocycles. The molecule has 0 aliphatic rings. The third-order valence-corrected chi connectivity index (χ3v) is 3.86. The van der Waals surface area contributed by atoms with Crippen LogP contribution in [0.1, 0.15) is 25.0 Å². The third-order valence-electron chi connectivity index (χ3n) is 3.86. The number of nitrogens with one attached hydrogen (secondary N) is 1. The molecule has 27 heavy (non-hydrogen) atoms. The second-order valence-corrected chi connectivity index (χ2v) is 6.59. The van der Waals surface area contributed by atoms with E-state index in [-0.39, 0.29) is 0 Å². The van der Waals surface area contributed by atoms with Crippen molar-refractivity contribution in [3.8, 4) is 17.2 Å². The van der Waals surface area contributed by atoms with Crippen molar-refractivity contribution >= 4 is 5.96 Å². The lowest BCUT2D eigenvalue weighted by Crippen LogP contribution is -2.31. The molecule has 6 heteroatoms. The number of rotatable bonds is 9. The van der Waals surface area contributed by atoms with Gasteiger partial charge in [0.1, 0.15) is 5.75 Å². The Morgan fingerprint density at radius 1 is 1.00 bits per heavy atom. The van der Waals surface area contributed by atoms with Crippen LogP contribution in [-0.4, -0.2) is 26.8 Å². The fraction of sp³-hybridized carbons (Fsp3) is 0.381. The summed E-state index contributed by atoms with van der Waals surface area (Å²) in [6.45, 7) is 6.03. The highest BCUT2D eigenvalue weighted by Crippen LogP contribution is 2.27. The van der Waals surface area contributed by atoms with Crippen molar-refractivity contribution < 1.29 is 14.2 Å². The van der Waals surface area contributed by atoms with Gasteiger partial charge in [0.15, 0.2) is 17.5 Å². The number of methoxy groups -OCH3 is 2. The average molecular weight is 371 g/mol. The van der Waals surface area contributed by atoms with Crippen LogP contribution in [0.2, 0.25) is 0 Å². The molecule has 2 aromatic carbocycles. The SMILES string of the molecule is COc1ccc(CN=C(N)NCc2ccc(OCC(C)C)cc2)cc1OC. The normalized spacial score (nSPS) is 11.4. The largest absolute Gasteiger partial charge is 0.493 e. The van der Waals surface area contributed by atoms with Gasteiger partial charge in [-0.05, 0) is 41.3 Å². The summed E-state index contributed by atoms with van der Waals surface area (Å²) in [6.07, 6.45) is 0. The van der Waals surface area contributed by atoms with E-state index in [0.717, 1.165) is 16.9 Å². The Hall–Kier alpha value is -2.89. The van der Waals surface area contributed by atoms with Gasteiger partial charge in [-0.1, -0.05) is 32.0 Å². The highest BCUT2D eigenvalue weighted by Gasteiger charge is 2.04. The fourth-order valence-corrected chi connectivity index (χ4v) is 2.37. The number of aliphatic imine (C=N–C) groups is 1. The van der Waals surface area contributed by atoms with Crippen LogP contribution in [0.5, 0.6) is 17.2 Å². The van der Waals surface area contributed by atoms with Gasteiger partial charge >= 0.3 is 0 Å². The van der Waals surface area contributed by atoms with Crippen LogP contribution in [0.15, 0.2) is 47.5 Å². The monoisotopic (exact) mass is 371 g/mol. The van der Waals surface area contributed by atoms with E-state index in [9.17, 15) is 0 Å². The van der Waals surface area contributed by atoms with Gasteiger partial charge in [-0.3, -0.25) is 0 Å². The van der Waals surface area contributed by atoms with E-state index in [1.165, 1.54) is 0 Å². The van der Waals surface area contributed by atoms with Crippen LogP contribution in [0.4, 0.5) is 0 Å². The lowest BCUT2D eigenvalue weighted by Gasteiger charge is -2.10. The van der Waals surface area contributed by atoms with E-state index in [1.54, 1.807) is 14.2 Å². The number of benzene rings is 2. The lowest BCUT2D eigenvalue weighted by molar-refractivity contribution is 0.271. The van der Waals surface area contributed by atoms with Gasteiger partial charge in [0, 0.05) is 6.54 Å².